The zero-order valence-corrected chi connectivity index (χ0v) is 23.8. The van der Waals surface area contributed by atoms with Gasteiger partial charge in [0.1, 0.15) is 5.70 Å². The molecule has 4 aromatic rings. The molecular formula is C33H28ClN3O3S. The summed E-state index contributed by atoms with van der Waals surface area (Å²) < 4.78 is 0. The number of thioether (sulfide) groups is 1. The van der Waals surface area contributed by atoms with Crippen LogP contribution in [0, 0.1) is 0 Å². The van der Waals surface area contributed by atoms with Gasteiger partial charge in [0.25, 0.3) is 11.8 Å². The molecule has 5 rings (SSSR count). The van der Waals surface area contributed by atoms with Crippen LogP contribution in [0.3, 0.4) is 0 Å². The van der Waals surface area contributed by atoms with Gasteiger partial charge in [0, 0.05) is 33.4 Å². The molecule has 1 heterocycles. The molecule has 3 amide bonds. The second-order valence-electron chi connectivity index (χ2n) is 9.48. The van der Waals surface area contributed by atoms with Crippen LogP contribution < -0.4 is 15.5 Å². The molecule has 1 aliphatic heterocycles. The lowest BCUT2D eigenvalue weighted by Crippen LogP contribution is -2.36. The molecule has 0 bridgehead atoms. The maximum atomic E-state index is 13.3. The average Bonchev–Trinajstić information content (AvgIpc) is 3.00. The summed E-state index contributed by atoms with van der Waals surface area (Å²) in [5.41, 5.74) is 3.95. The molecule has 0 aliphatic carbocycles. The van der Waals surface area contributed by atoms with Gasteiger partial charge in [0.05, 0.1) is 5.75 Å². The molecule has 1 aliphatic rings. The second-order valence-corrected chi connectivity index (χ2v) is 11.0. The fourth-order valence-electron chi connectivity index (χ4n) is 4.55. The number of benzene rings is 4. The Bertz CT molecular complexity index is 1590. The smallest absolute Gasteiger partial charge is 0.272 e. The van der Waals surface area contributed by atoms with E-state index in [1.54, 1.807) is 66.7 Å². The lowest BCUT2D eigenvalue weighted by molar-refractivity contribution is -0.116. The van der Waals surface area contributed by atoms with Crippen molar-refractivity contribution in [1.29, 1.82) is 0 Å². The molecule has 0 saturated carbocycles. The number of nitrogens with zero attached hydrogens (tertiary/aromatic N) is 1. The summed E-state index contributed by atoms with van der Waals surface area (Å²) in [6.45, 7) is 0.729. The van der Waals surface area contributed by atoms with Gasteiger partial charge in [-0.1, -0.05) is 60.1 Å². The lowest BCUT2D eigenvalue weighted by atomic mass is 10.0. The van der Waals surface area contributed by atoms with Crippen LogP contribution in [-0.2, 0) is 16.0 Å². The van der Waals surface area contributed by atoms with Gasteiger partial charge in [-0.05, 0) is 84.6 Å². The molecule has 0 radical (unpaired) electrons. The number of fused-ring (bicyclic) bond motifs is 1. The standard InChI is InChI=1S/C33H28ClN3O3S/c34-26-13-6-8-23(20-26)21-29(36-32(39)25-10-2-1-3-11-25)33(40)35-27-15-17-28(18-16-27)41-22-31(38)37-19-7-12-24-9-4-5-14-30(24)37/h1-6,8-11,13-18,20-21H,7,12,19,22H2,(H,35,40)(H,36,39)/b29-21-. The van der Waals surface area contributed by atoms with Gasteiger partial charge in [0.2, 0.25) is 5.91 Å². The summed E-state index contributed by atoms with van der Waals surface area (Å²) in [7, 11) is 0. The average molecular weight is 582 g/mol. The minimum atomic E-state index is -0.478. The fraction of sp³-hybridized carbons (Fsp3) is 0.121. The van der Waals surface area contributed by atoms with Crippen molar-refractivity contribution in [3.05, 3.63) is 131 Å². The minimum absolute atomic E-state index is 0.0736. The Hall–Kier alpha value is -4.33. The Balaban J connectivity index is 1.24. The van der Waals surface area contributed by atoms with Crippen LogP contribution in [0.1, 0.15) is 27.9 Å². The first kappa shape index (κ1) is 28.2. The number of nitrogens with one attached hydrogen (secondary N) is 2. The van der Waals surface area contributed by atoms with Crippen molar-refractivity contribution >= 4 is 58.5 Å². The predicted molar refractivity (Wildman–Crippen MR) is 166 cm³/mol. The van der Waals surface area contributed by atoms with Crippen LogP contribution in [0.15, 0.2) is 114 Å². The van der Waals surface area contributed by atoms with Gasteiger partial charge in [-0.2, -0.15) is 0 Å². The number of carbonyl (C=O) groups excluding carboxylic acids is 3. The number of amides is 3. The number of carbonyl (C=O) groups is 3. The van der Waals surface area contributed by atoms with Crippen LogP contribution in [0.25, 0.3) is 6.08 Å². The van der Waals surface area contributed by atoms with Crippen molar-refractivity contribution in [1.82, 2.24) is 5.32 Å². The van der Waals surface area contributed by atoms with E-state index in [1.165, 1.54) is 17.3 Å². The van der Waals surface area contributed by atoms with E-state index in [-0.39, 0.29) is 11.6 Å². The highest BCUT2D eigenvalue weighted by atomic mass is 35.5. The highest BCUT2D eigenvalue weighted by Gasteiger charge is 2.22. The number of aryl methyl sites for hydroxylation is 1. The van der Waals surface area contributed by atoms with Crippen molar-refractivity contribution in [2.24, 2.45) is 0 Å². The molecule has 0 aromatic heterocycles. The van der Waals surface area contributed by atoms with Crippen LogP contribution in [0.2, 0.25) is 5.02 Å². The van der Waals surface area contributed by atoms with E-state index < -0.39 is 11.8 Å². The van der Waals surface area contributed by atoms with Gasteiger partial charge in [-0.15, -0.1) is 11.8 Å². The molecule has 0 spiro atoms. The van der Waals surface area contributed by atoms with Crippen LogP contribution >= 0.6 is 23.4 Å². The number of hydrogen-bond donors (Lipinski definition) is 2. The molecule has 0 atom stereocenters. The largest absolute Gasteiger partial charge is 0.321 e. The normalized spacial score (nSPS) is 12.8. The second kappa shape index (κ2) is 13.4. The fourth-order valence-corrected chi connectivity index (χ4v) is 5.53. The lowest BCUT2D eigenvalue weighted by Gasteiger charge is -2.29. The summed E-state index contributed by atoms with van der Waals surface area (Å²) in [4.78, 5) is 41.9. The highest BCUT2D eigenvalue weighted by Crippen LogP contribution is 2.28. The monoisotopic (exact) mass is 581 g/mol. The third-order valence-electron chi connectivity index (χ3n) is 6.57. The molecule has 4 aromatic carbocycles. The molecule has 0 saturated heterocycles. The van der Waals surface area contributed by atoms with E-state index in [0.29, 0.717) is 27.6 Å². The highest BCUT2D eigenvalue weighted by molar-refractivity contribution is 8.00. The predicted octanol–water partition coefficient (Wildman–Crippen LogP) is 6.82. The molecule has 0 fully saturated rings. The molecular weight excluding hydrogens is 554 g/mol. The molecule has 6 nitrogen and oxygen atoms in total. The number of anilines is 2. The summed E-state index contributed by atoms with van der Waals surface area (Å²) in [6, 6.07) is 31.0. The molecule has 8 heteroatoms. The quantitative estimate of drug-likeness (QED) is 0.177. The van der Waals surface area contributed by atoms with Crippen LogP contribution in [-0.4, -0.2) is 30.0 Å². The van der Waals surface area contributed by atoms with E-state index in [0.717, 1.165) is 30.0 Å². The molecule has 206 valence electrons. The van der Waals surface area contributed by atoms with Crippen LogP contribution in [0.4, 0.5) is 11.4 Å². The minimum Gasteiger partial charge on any atom is -0.321 e. The van der Waals surface area contributed by atoms with Gasteiger partial charge in [-0.3, -0.25) is 14.4 Å². The Morgan fingerprint density at radius 3 is 2.41 bits per heavy atom. The van der Waals surface area contributed by atoms with Crippen molar-refractivity contribution in [3.63, 3.8) is 0 Å². The summed E-state index contributed by atoms with van der Waals surface area (Å²) in [5, 5.41) is 6.09. The van der Waals surface area contributed by atoms with Crippen molar-refractivity contribution in [2.45, 2.75) is 17.7 Å². The molecule has 41 heavy (non-hydrogen) atoms. The van der Waals surface area contributed by atoms with Gasteiger partial charge in [-0.25, -0.2) is 0 Å². The first-order valence-corrected chi connectivity index (χ1v) is 14.6. The Labute approximate surface area is 248 Å². The zero-order chi connectivity index (χ0) is 28.6. The van der Waals surface area contributed by atoms with E-state index in [9.17, 15) is 14.4 Å². The van der Waals surface area contributed by atoms with Crippen molar-refractivity contribution < 1.29 is 14.4 Å². The maximum Gasteiger partial charge on any atom is 0.272 e. The Kier molecular flexibility index (Phi) is 9.19. The maximum absolute atomic E-state index is 13.3. The third kappa shape index (κ3) is 7.45. The Morgan fingerprint density at radius 2 is 1.63 bits per heavy atom. The van der Waals surface area contributed by atoms with E-state index in [2.05, 4.69) is 16.7 Å². The van der Waals surface area contributed by atoms with E-state index in [4.69, 9.17) is 11.6 Å². The summed E-state index contributed by atoms with van der Waals surface area (Å²) in [5.74, 6) is -0.488. The van der Waals surface area contributed by atoms with Gasteiger partial charge in [0.15, 0.2) is 0 Å². The SMILES string of the molecule is O=C(Nc1ccc(SCC(=O)N2CCCc3ccccc32)cc1)/C(=C/c1cccc(Cl)c1)NC(=O)c1ccccc1. The number of para-hydroxylation sites is 1. The van der Waals surface area contributed by atoms with Crippen molar-refractivity contribution in [2.75, 3.05) is 22.5 Å². The summed E-state index contributed by atoms with van der Waals surface area (Å²) in [6.07, 6.45) is 3.53. The molecule has 2 N–H and O–H groups in total. The topological polar surface area (TPSA) is 78.5 Å². The van der Waals surface area contributed by atoms with Gasteiger partial charge >= 0.3 is 0 Å². The van der Waals surface area contributed by atoms with Crippen molar-refractivity contribution in [3.8, 4) is 0 Å². The van der Waals surface area contributed by atoms with E-state index in [1.807, 2.05) is 41.3 Å². The number of halogens is 1. The summed E-state index contributed by atoms with van der Waals surface area (Å²) >= 11 is 7.58. The zero-order valence-electron chi connectivity index (χ0n) is 22.2. The van der Waals surface area contributed by atoms with Gasteiger partial charge < -0.3 is 15.5 Å². The Morgan fingerprint density at radius 1 is 0.878 bits per heavy atom. The molecule has 0 unspecified atom stereocenters. The first-order valence-electron chi connectivity index (χ1n) is 13.2. The third-order valence-corrected chi connectivity index (χ3v) is 7.81. The first-order chi connectivity index (χ1) is 20.0. The van der Waals surface area contributed by atoms with E-state index >= 15 is 0 Å². The number of rotatable bonds is 8. The number of hydrogen-bond acceptors (Lipinski definition) is 4. The van der Waals surface area contributed by atoms with Crippen LogP contribution in [0.5, 0.6) is 0 Å².